The van der Waals surface area contributed by atoms with Crippen LogP contribution >= 0.6 is 0 Å². The first-order chi connectivity index (χ1) is 11.5. The van der Waals surface area contributed by atoms with Crippen molar-refractivity contribution >= 4 is 22.6 Å². The molecule has 0 fully saturated rings. The topological polar surface area (TPSA) is 79.1 Å². The molecule has 0 aromatic carbocycles. The Morgan fingerprint density at radius 1 is 1.38 bits per heavy atom. The smallest absolute Gasteiger partial charge is 0.338 e. The van der Waals surface area contributed by atoms with Gasteiger partial charge < -0.3 is 9.47 Å². The monoisotopic (exact) mass is 330 g/mol. The third-order valence-corrected chi connectivity index (χ3v) is 4.70. The normalized spacial score (nSPS) is 20.9. The molecule has 2 heterocycles. The van der Waals surface area contributed by atoms with E-state index in [4.69, 9.17) is 14.5 Å². The second kappa shape index (κ2) is 6.32. The number of methoxy groups -OCH3 is 2. The van der Waals surface area contributed by atoms with Gasteiger partial charge in [-0.3, -0.25) is 0 Å². The van der Waals surface area contributed by atoms with Crippen molar-refractivity contribution < 1.29 is 14.3 Å². The van der Waals surface area contributed by atoms with Crippen LogP contribution in [-0.2, 0) is 20.8 Å². The maximum absolute atomic E-state index is 12.0. The molecular weight excluding hydrogens is 308 g/mol. The molecule has 0 saturated heterocycles. The Hall–Kier alpha value is -2.28. The Morgan fingerprint density at radius 2 is 2.17 bits per heavy atom. The lowest BCUT2D eigenvalue weighted by atomic mass is 9.85. The van der Waals surface area contributed by atoms with Gasteiger partial charge >= 0.3 is 5.97 Å². The number of aryl methyl sites for hydroxylation is 2. The summed E-state index contributed by atoms with van der Waals surface area (Å²) in [5.41, 5.74) is 1.88. The van der Waals surface area contributed by atoms with Gasteiger partial charge in [0, 0.05) is 20.1 Å². The third-order valence-electron chi connectivity index (χ3n) is 4.70. The Kier molecular flexibility index (Phi) is 4.36. The van der Waals surface area contributed by atoms with E-state index in [0.717, 1.165) is 28.8 Å². The highest BCUT2D eigenvalue weighted by molar-refractivity contribution is 5.82. The molecule has 0 aliphatic heterocycles. The van der Waals surface area contributed by atoms with E-state index < -0.39 is 5.60 Å². The van der Waals surface area contributed by atoms with Crippen molar-refractivity contribution in [3.63, 3.8) is 0 Å². The number of carbonyl (C=O) groups is 1. The van der Waals surface area contributed by atoms with Gasteiger partial charge in [0.2, 0.25) is 0 Å². The van der Waals surface area contributed by atoms with Crippen LogP contribution < -0.4 is 0 Å². The van der Waals surface area contributed by atoms with E-state index in [1.807, 2.05) is 24.6 Å². The molecule has 0 bridgehead atoms. The fourth-order valence-corrected chi connectivity index (χ4v) is 3.14. The number of ether oxygens (including phenoxy) is 2. The predicted molar refractivity (Wildman–Crippen MR) is 89.3 cm³/mol. The molecule has 1 atom stereocenters. The van der Waals surface area contributed by atoms with Gasteiger partial charge in [-0.15, -0.1) is 0 Å². The van der Waals surface area contributed by atoms with Gasteiger partial charge in [0.25, 0.3) is 0 Å². The van der Waals surface area contributed by atoms with Crippen LogP contribution in [0.25, 0.3) is 16.6 Å². The van der Waals surface area contributed by atoms with Crippen molar-refractivity contribution in [2.45, 2.75) is 45.3 Å². The minimum absolute atomic E-state index is 0.336. The first-order valence-corrected chi connectivity index (χ1v) is 8.07. The van der Waals surface area contributed by atoms with Crippen LogP contribution in [-0.4, -0.2) is 45.5 Å². The standard InChI is InChI=1S/C17H22N4O3/c1-5-21-15-13(10-18-21)11(2)19-14(20-15)12-6-8-17(24-4,9-7-12)16(22)23-3/h6,10H,5,7-9H2,1-4H3. The number of hydrogen-bond donors (Lipinski definition) is 0. The lowest BCUT2D eigenvalue weighted by molar-refractivity contribution is -0.166. The van der Waals surface area contributed by atoms with E-state index in [1.165, 1.54) is 7.11 Å². The van der Waals surface area contributed by atoms with Crippen molar-refractivity contribution in [3.05, 3.63) is 23.8 Å². The second-order valence-electron chi connectivity index (χ2n) is 5.95. The average Bonchev–Trinajstić information content (AvgIpc) is 3.04. The Balaban J connectivity index is 1.97. The van der Waals surface area contributed by atoms with Gasteiger partial charge in [0.05, 0.1) is 24.4 Å². The van der Waals surface area contributed by atoms with Gasteiger partial charge in [-0.25, -0.2) is 19.4 Å². The van der Waals surface area contributed by atoms with Crippen LogP contribution in [0, 0.1) is 6.92 Å². The molecule has 0 N–H and O–H groups in total. The summed E-state index contributed by atoms with van der Waals surface area (Å²) in [4.78, 5) is 21.3. The summed E-state index contributed by atoms with van der Waals surface area (Å²) < 4.78 is 12.2. The molecule has 0 amide bonds. The van der Waals surface area contributed by atoms with Crippen LogP contribution in [0.3, 0.4) is 0 Å². The predicted octanol–water partition coefficient (Wildman–Crippen LogP) is 2.28. The van der Waals surface area contributed by atoms with Crippen molar-refractivity contribution in [1.82, 2.24) is 19.7 Å². The fourth-order valence-electron chi connectivity index (χ4n) is 3.14. The molecule has 1 aliphatic rings. The van der Waals surface area contributed by atoms with Crippen LogP contribution in [0.2, 0.25) is 0 Å². The van der Waals surface area contributed by atoms with Gasteiger partial charge in [-0.2, -0.15) is 5.10 Å². The van der Waals surface area contributed by atoms with E-state index in [-0.39, 0.29) is 5.97 Å². The molecule has 1 unspecified atom stereocenters. The summed E-state index contributed by atoms with van der Waals surface area (Å²) in [5, 5.41) is 5.32. The van der Waals surface area contributed by atoms with Crippen LogP contribution in [0.4, 0.5) is 0 Å². The lowest BCUT2D eigenvalue weighted by Crippen LogP contribution is -2.42. The van der Waals surface area contributed by atoms with Gasteiger partial charge in [-0.05, 0) is 32.3 Å². The molecule has 0 saturated carbocycles. The molecule has 128 valence electrons. The Morgan fingerprint density at radius 3 is 2.75 bits per heavy atom. The number of carbonyl (C=O) groups excluding carboxylic acids is 1. The highest BCUT2D eigenvalue weighted by Crippen LogP contribution is 2.35. The third kappa shape index (κ3) is 2.58. The summed E-state index contributed by atoms with van der Waals surface area (Å²) >= 11 is 0. The first kappa shape index (κ1) is 16.6. The van der Waals surface area contributed by atoms with E-state index in [9.17, 15) is 4.79 Å². The summed E-state index contributed by atoms with van der Waals surface area (Å²) in [6.07, 6.45) is 5.46. The zero-order valence-corrected chi connectivity index (χ0v) is 14.5. The molecule has 2 aromatic rings. The maximum Gasteiger partial charge on any atom is 0.338 e. The quantitative estimate of drug-likeness (QED) is 0.800. The Bertz CT molecular complexity index is 812. The zero-order chi connectivity index (χ0) is 17.3. The van der Waals surface area contributed by atoms with E-state index >= 15 is 0 Å². The molecule has 0 radical (unpaired) electrons. The molecule has 7 nitrogen and oxygen atoms in total. The zero-order valence-electron chi connectivity index (χ0n) is 14.5. The molecule has 24 heavy (non-hydrogen) atoms. The first-order valence-electron chi connectivity index (χ1n) is 8.07. The molecule has 0 spiro atoms. The highest BCUT2D eigenvalue weighted by Gasteiger charge is 2.41. The molecular formula is C17H22N4O3. The number of hydrogen-bond acceptors (Lipinski definition) is 6. The maximum atomic E-state index is 12.0. The van der Waals surface area contributed by atoms with Crippen molar-refractivity contribution in [2.75, 3.05) is 14.2 Å². The van der Waals surface area contributed by atoms with Crippen molar-refractivity contribution in [3.8, 4) is 0 Å². The summed E-state index contributed by atoms with van der Waals surface area (Å²) in [5.74, 6) is 0.363. The molecule has 7 heteroatoms. The van der Waals surface area contributed by atoms with Crippen LogP contribution in [0.1, 0.15) is 37.7 Å². The number of aromatic nitrogens is 4. The van der Waals surface area contributed by atoms with E-state index in [0.29, 0.717) is 25.1 Å². The lowest BCUT2D eigenvalue weighted by Gasteiger charge is -2.32. The Labute approximate surface area is 140 Å². The fraction of sp³-hybridized carbons (Fsp3) is 0.529. The van der Waals surface area contributed by atoms with Gasteiger partial charge in [0.15, 0.2) is 17.1 Å². The number of nitrogens with zero attached hydrogens (tertiary/aromatic N) is 4. The molecule has 2 aromatic heterocycles. The van der Waals surface area contributed by atoms with Gasteiger partial charge in [-0.1, -0.05) is 6.08 Å². The molecule has 3 rings (SSSR count). The second-order valence-corrected chi connectivity index (χ2v) is 5.95. The summed E-state index contributed by atoms with van der Waals surface area (Å²) in [6.45, 7) is 4.76. The summed E-state index contributed by atoms with van der Waals surface area (Å²) in [7, 11) is 2.93. The van der Waals surface area contributed by atoms with E-state index in [2.05, 4.69) is 10.1 Å². The highest BCUT2D eigenvalue weighted by atomic mass is 16.6. The van der Waals surface area contributed by atoms with E-state index in [1.54, 1.807) is 13.3 Å². The average molecular weight is 330 g/mol. The minimum Gasteiger partial charge on any atom is -0.467 e. The minimum atomic E-state index is -0.900. The number of fused-ring (bicyclic) bond motifs is 1. The SMILES string of the molecule is CCn1ncc2c(C)nc(C3=CCC(OC)(C(=O)OC)CC3)nc21. The van der Waals surface area contributed by atoms with Crippen molar-refractivity contribution in [1.29, 1.82) is 0 Å². The largest absolute Gasteiger partial charge is 0.467 e. The van der Waals surface area contributed by atoms with Gasteiger partial charge in [0.1, 0.15) is 0 Å². The van der Waals surface area contributed by atoms with Crippen molar-refractivity contribution in [2.24, 2.45) is 0 Å². The summed E-state index contributed by atoms with van der Waals surface area (Å²) in [6, 6.07) is 0. The van der Waals surface area contributed by atoms with Crippen LogP contribution in [0.15, 0.2) is 12.3 Å². The number of allylic oxidation sites excluding steroid dienone is 1. The van der Waals surface area contributed by atoms with Crippen LogP contribution in [0.5, 0.6) is 0 Å². The molecule has 1 aliphatic carbocycles. The number of esters is 1. The number of rotatable bonds is 4.